The molecule has 1 unspecified atom stereocenters. The minimum Gasteiger partial charge on any atom is -0.450 e. The van der Waals surface area contributed by atoms with E-state index in [2.05, 4.69) is 5.32 Å². The van der Waals surface area contributed by atoms with E-state index in [0.29, 0.717) is 39.2 Å². The fourth-order valence-corrected chi connectivity index (χ4v) is 3.50. The van der Waals surface area contributed by atoms with Gasteiger partial charge in [0.25, 0.3) is 0 Å². The number of nitrogens with zero attached hydrogens (tertiary/aromatic N) is 2. The summed E-state index contributed by atoms with van der Waals surface area (Å²) in [6.45, 7) is 3.73. The molecule has 32 heavy (non-hydrogen) atoms. The van der Waals surface area contributed by atoms with Crippen molar-refractivity contribution in [1.82, 2.24) is 15.1 Å². The molecule has 2 aromatic rings. The van der Waals surface area contributed by atoms with Crippen LogP contribution in [0.5, 0.6) is 0 Å². The van der Waals surface area contributed by atoms with Gasteiger partial charge < -0.3 is 24.6 Å². The molecule has 0 aliphatic carbocycles. The maximum atomic E-state index is 13.2. The van der Waals surface area contributed by atoms with Crippen LogP contribution < -0.4 is 5.32 Å². The summed E-state index contributed by atoms with van der Waals surface area (Å²) in [5.74, 6) is -0.200. The van der Waals surface area contributed by atoms with Gasteiger partial charge in [-0.3, -0.25) is 4.79 Å². The molecule has 0 aromatic heterocycles. The van der Waals surface area contributed by atoms with Crippen molar-refractivity contribution in [2.45, 2.75) is 26.0 Å². The standard InChI is InChI=1S/C24H29N3O5/c1-2-31-24(30)27-15-13-26(14-16-27)22(28)21(17-19-9-5-3-6-10-19)25-23(29)32-18-20-11-7-4-8-12-20/h3-12,21H,2,13-18H2,1H3,(H,25,29). The predicted octanol–water partition coefficient (Wildman–Crippen LogP) is 2.82. The van der Waals surface area contributed by atoms with Crippen LogP contribution in [0, 0.1) is 0 Å². The van der Waals surface area contributed by atoms with Gasteiger partial charge in [0.1, 0.15) is 12.6 Å². The first-order valence-electron chi connectivity index (χ1n) is 10.8. The van der Waals surface area contributed by atoms with Gasteiger partial charge in [-0.15, -0.1) is 0 Å². The Labute approximate surface area is 188 Å². The van der Waals surface area contributed by atoms with Crippen molar-refractivity contribution in [3.8, 4) is 0 Å². The number of hydrogen-bond donors (Lipinski definition) is 1. The van der Waals surface area contributed by atoms with E-state index in [1.807, 2.05) is 60.7 Å². The van der Waals surface area contributed by atoms with Crippen molar-refractivity contribution < 1.29 is 23.9 Å². The minimum absolute atomic E-state index is 0.122. The summed E-state index contributed by atoms with van der Waals surface area (Å²) in [6, 6.07) is 18.1. The molecule has 8 nitrogen and oxygen atoms in total. The second-order valence-electron chi connectivity index (χ2n) is 7.46. The van der Waals surface area contributed by atoms with Gasteiger partial charge in [-0.05, 0) is 18.1 Å². The average Bonchev–Trinajstić information content (AvgIpc) is 2.83. The Morgan fingerprint density at radius 3 is 2.00 bits per heavy atom. The molecule has 8 heteroatoms. The maximum absolute atomic E-state index is 13.2. The zero-order valence-electron chi connectivity index (χ0n) is 18.2. The Hall–Kier alpha value is -3.55. The van der Waals surface area contributed by atoms with Gasteiger partial charge in [0, 0.05) is 32.6 Å². The average molecular weight is 440 g/mol. The number of carbonyl (C=O) groups is 3. The molecule has 2 aromatic carbocycles. The number of benzene rings is 2. The Kier molecular flexibility index (Phi) is 8.48. The molecule has 0 saturated carbocycles. The smallest absolute Gasteiger partial charge is 0.409 e. The number of nitrogens with one attached hydrogen (secondary N) is 1. The third-order valence-electron chi connectivity index (χ3n) is 5.20. The summed E-state index contributed by atoms with van der Waals surface area (Å²) in [7, 11) is 0. The highest BCUT2D eigenvalue weighted by molar-refractivity contribution is 5.86. The van der Waals surface area contributed by atoms with Crippen molar-refractivity contribution in [3.05, 3.63) is 71.8 Å². The van der Waals surface area contributed by atoms with Crippen molar-refractivity contribution in [2.24, 2.45) is 0 Å². The minimum atomic E-state index is -0.769. The van der Waals surface area contributed by atoms with Crippen LogP contribution in [0.25, 0.3) is 0 Å². The third kappa shape index (κ3) is 6.73. The van der Waals surface area contributed by atoms with Gasteiger partial charge in [-0.2, -0.15) is 0 Å². The molecule has 1 saturated heterocycles. The maximum Gasteiger partial charge on any atom is 0.409 e. The zero-order valence-corrected chi connectivity index (χ0v) is 18.2. The topological polar surface area (TPSA) is 88.2 Å². The van der Waals surface area contributed by atoms with E-state index in [1.54, 1.807) is 16.7 Å². The van der Waals surface area contributed by atoms with Crippen LogP contribution in [0.15, 0.2) is 60.7 Å². The van der Waals surface area contributed by atoms with Crippen LogP contribution in [0.1, 0.15) is 18.1 Å². The molecule has 1 aliphatic heterocycles. The van der Waals surface area contributed by atoms with E-state index >= 15 is 0 Å². The van der Waals surface area contributed by atoms with Gasteiger partial charge in [0.15, 0.2) is 0 Å². The largest absolute Gasteiger partial charge is 0.450 e. The van der Waals surface area contributed by atoms with Crippen LogP contribution in [0.4, 0.5) is 9.59 Å². The molecule has 1 fully saturated rings. The lowest BCUT2D eigenvalue weighted by molar-refractivity contribution is -0.135. The molecule has 1 atom stereocenters. The van der Waals surface area contributed by atoms with Crippen LogP contribution in [-0.4, -0.2) is 66.7 Å². The van der Waals surface area contributed by atoms with E-state index in [1.165, 1.54) is 0 Å². The fourth-order valence-electron chi connectivity index (χ4n) is 3.50. The molecule has 0 spiro atoms. The molecular weight excluding hydrogens is 410 g/mol. The van der Waals surface area contributed by atoms with Crippen LogP contribution in [-0.2, 0) is 27.3 Å². The fraction of sp³-hybridized carbons (Fsp3) is 0.375. The van der Waals surface area contributed by atoms with Gasteiger partial charge in [0.05, 0.1) is 6.61 Å². The van der Waals surface area contributed by atoms with Crippen LogP contribution >= 0.6 is 0 Å². The highest BCUT2D eigenvalue weighted by atomic mass is 16.6. The first kappa shape index (κ1) is 23.1. The molecule has 170 valence electrons. The second kappa shape index (κ2) is 11.7. The summed E-state index contributed by atoms with van der Waals surface area (Å²) >= 11 is 0. The molecular formula is C24H29N3O5. The van der Waals surface area contributed by atoms with Crippen molar-refractivity contribution in [2.75, 3.05) is 32.8 Å². The molecule has 0 bridgehead atoms. The highest BCUT2D eigenvalue weighted by Gasteiger charge is 2.30. The van der Waals surface area contributed by atoms with E-state index < -0.39 is 12.1 Å². The third-order valence-corrected chi connectivity index (χ3v) is 5.20. The summed E-state index contributed by atoms with van der Waals surface area (Å²) in [4.78, 5) is 40.8. The number of alkyl carbamates (subject to hydrolysis) is 1. The zero-order chi connectivity index (χ0) is 22.8. The molecule has 0 radical (unpaired) electrons. The Morgan fingerprint density at radius 2 is 1.41 bits per heavy atom. The first-order chi connectivity index (χ1) is 15.6. The monoisotopic (exact) mass is 439 g/mol. The molecule has 3 rings (SSSR count). The molecule has 1 heterocycles. The van der Waals surface area contributed by atoms with Crippen molar-refractivity contribution in [1.29, 1.82) is 0 Å². The lowest BCUT2D eigenvalue weighted by atomic mass is 10.0. The quantitative estimate of drug-likeness (QED) is 0.717. The summed E-state index contributed by atoms with van der Waals surface area (Å²) in [6.07, 6.45) is -0.672. The normalized spacial score (nSPS) is 14.4. The molecule has 3 amide bonds. The van der Waals surface area contributed by atoms with Gasteiger partial charge >= 0.3 is 12.2 Å². The van der Waals surface area contributed by atoms with Crippen molar-refractivity contribution >= 4 is 18.1 Å². The number of rotatable bonds is 7. The highest BCUT2D eigenvalue weighted by Crippen LogP contribution is 2.11. The SMILES string of the molecule is CCOC(=O)N1CCN(C(=O)C(Cc2ccccc2)NC(=O)OCc2ccccc2)CC1. The van der Waals surface area contributed by atoms with E-state index in [-0.39, 0.29) is 18.6 Å². The second-order valence-corrected chi connectivity index (χ2v) is 7.46. The summed E-state index contributed by atoms with van der Waals surface area (Å²) in [5.41, 5.74) is 1.79. The van der Waals surface area contributed by atoms with Gasteiger partial charge in [-0.25, -0.2) is 9.59 Å². The van der Waals surface area contributed by atoms with Crippen molar-refractivity contribution in [3.63, 3.8) is 0 Å². The number of carbonyl (C=O) groups excluding carboxylic acids is 3. The molecule has 1 N–H and O–H groups in total. The number of amides is 3. The number of piperazine rings is 1. The van der Waals surface area contributed by atoms with E-state index in [9.17, 15) is 14.4 Å². The lowest BCUT2D eigenvalue weighted by Gasteiger charge is -2.35. The predicted molar refractivity (Wildman–Crippen MR) is 119 cm³/mol. The van der Waals surface area contributed by atoms with Crippen LogP contribution in [0.2, 0.25) is 0 Å². The van der Waals surface area contributed by atoms with Gasteiger partial charge in [-0.1, -0.05) is 60.7 Å². The van der Waals surface area contributed by atoms with Gasteiger partial charge in [0.2, 0.25) is 5.91 Å². The summed E-state index contributed by atoms with van der Waals surface area (Å²) in [5, 5.41) is 2.73. The summed E-state index contributed by atoms with van der Waals surface area (Å²) < 4.78 is 10.3. The van der Waals surface area contributed by atoms with E-state index in [0.717, 1.165) is 11.1 Å². The Morgan fingerprint density at radius 1 is 0.844 bits per heavy atom. The van der Waals surface area contributed by atoms with Crippen LogP contribution in [0.3, 0.4) is 0 Å². The lowest BCUT2D eigenvalue weighted by Crippen LogP contribution is -2.56. The van der Waals surface area contributed by atoms with E-state index in [4.69, 9.17) is 9.47 Å². The number of hydrogen-bond acceptors (Lipinski definition) is 5. The Balaban J connectivity index is 1.61. The Bertz CT molecular complexity index is 883. The number of ether oxygens (including phenoxy) is 2. The first-order valence-corrected chi connectivity index (χ1v) is 10.8. The molecule has 1 aliphatic rings.